The first-order valence-corrected chi connectivity index (χ1v) is 7.24. The average Bonchev–Trinajstić information content (AvgIpc) is 2.88. The second-order valence-electron chi connectivity index (χ2n) is 6.24. The quantitative estimate of drug-likeness (QED) is 0.721. The van der Waals surface area contributed by atoms with E-state index in [-0.39, 0.29) is 6.61 Å². The molecule has 0 spiro atoms. The number of nitrogens with one attached hydrogen (secondary N) is 1. The molecule has 2 bridgehead atoms. The summed E-state index contributed by atoms with van der Waals surface area (Å²) in [6.45, 7) is 0.105. The van der Waals surface area contributed by atoms with E-state index in [0.29, 0.717) is 5.41 Å². The van der Waals surface area contributed by atoms with E-state index < -0.39 is 12.8 Å². The minimum absolute atomic E-state index is 0.225. The molecule has 0 aromatic rings. The fraction of sp³-hybridized carbons (Fsp3) is 1.00. The number of hydrogen-bond acceptors (Lipinski definition) is 2. The molecule has 0 aromatic carbocycles. The fourth-order valence-electron chi connectivity index (χ4n) is 4.24. The van der Waals surface area contributed by atoms with Gasteiger partial charge in [-0.15, -0.1) is 0 Å². The first-order valence-electron chi connectivity index (χ1n) is 7.24. The molecule has 3 unspecified atom stereocenters. The summed E-state index contributed by atoms with van der Waals surface area (Å²) < 4.78 is 40.6. The lowest BCUT2D eigenvalue weighted by Crippen LogP contribution is -2.37. The minimum Gasteiger partial charge on any atom is -0.372 e. The Morgan fingerprint density at radius 2 is 2.11 bits per heavy atom. The maximum Gasteiger partial charge on any atom is 0.411 e. The van der Waals surface area contributed by atoms with E-state index in [4.69, 9.17) is 4.74 Å². The topological polar surface area (TPSA) is 21.3 Å². The molecule has 0 radical (unpaired) electrons. The van der Waals surface area contributed by atoms with Crippen LogP contribution in [0.25, 0.3) is 0 Å². The minimum atomic E-state index is -4.20. The first kappa shape index (κ1) is 15.1. The van der Waals surface area contributed by atoms with Crippen LogP contribution in [-0.2, 0) is 4.74 Å². The van der Waals surface area contributed by atoms with Gasteiger partial charge >= 0.3 is 6.18 Å². The zero-order valence-electron chi connectivity index (χ0n) is 11.6. The number of fused-ring (bicyclic) bond motifs is 2. The number of halogens is 3. The Morgan fingerprint density at radius 1 is 1.32 bits per heavy atom. The van der Waals surface area contributed by atoms with Crippen molar-refractivity contribution < 1.29 is 17.9 Å². The van der Waals surface area contributed by atoms with E-state index in [1.165, 1.54) is 25.7 Å². The van der Waals surface area contributed by atoms with Gasteiger partial charge in [-0.2, -0.15) is 13.2 Å². The molecule has 2 rings (SSSR count). The molecule has 2 fully saturated rings. The van der Waals surface area contributed by atoms with Crippen LogP contribution >= 0.6 is 0 Å². The van der Waals surface area contributed by atoms with Crippen LogP contribution < -0.4 is 5.32 Å². The molecule has 0 aliphatic heterocycles. The van der Waals surface area contributed by atoms with E-state index in [1.807, 2.05) is 7.05 Å². The Hall–Kier alpha value is -0.290. The molecule has 0 heterocycles. The van der Waals surface area contributed by atoms with Gasteiger partial charge in [0.2, 0.25) is 0 Å². The summed E-state index contributed by atoms with van der Waals surface area (Å²) in [5.74, 6) is 1.63. The molecule has 3 atom stereocenters. The van der Waals surface area contributed by atoms with Gasteiger partial charge in [0.1, 0.15) is 6.61 Å². The van der Waals surface area contributed by atoms with Gasteiger partial charge < -0.3 is 10.1 Å². The largest absolute Gasteiger partial charge is 0.411 e. The summed E-state index contributed by atoms with van der Waals surface area (Å²) in [6, 6.07) is 0. The molecule has 0 saturated heterocycles. The van der Waals surface area contributed by atoms with Crippen molar-refractivity contribution in [3.8, 4) is 0 Å². The van der Waals surface area contributed by atoms with Gasteiger partial charge in [-0.1, -0.05) is 6.42 Å². The van der Waals surface area contributed by atoms with E-state index in [9.17, 15) is 13.2 Å². The van der Waals surface area contributed by atoms with Crippen molar-refractivity contribution in [3.05, 3.63) is 0 Å². The lowest BCUT2D eigenvalue weighted by molar-refractivity contribution is -0.174. The van der Waals surface area contributed by atoms with Crippen LogP contribution in [0.4, 0.5) is 13.2 Å². The van der Waals surface area contributed by atoms with Crippen molar-refractivity contribution in [3.63, 3.8) is 0 Å². The summed E-state index contributed by atoms with van der Waals surface area (Å²) in [7, 11) is 1.97. The zero-order chi connectivity index (χ0) is 13.9. The van der Waals surface area contributed by atoms with E-state index in [1.54, 1.807) is 0 Å². The van der Waals surface area contributed by atoms with Gasteiger partial charge in [0.25, 0.3) is 0 Å². The Bertz CT molecular complexity index is 295. The predicted octanol–water partition coefficient (Wildman–Crippen LogP) is 3.37. The maximum absolute atomic E-state index is 12.0. The van der Waals surface area contributed by atoms with Crippen LogP contribution in [0.1, 0.15) is 38.5 Å². The van der Waals surface area contributed by atoms with Gasteiger partial charge in [-0.05, 0) is 56.4 Å². The fourth-order valence-corrected chi connectivity index (χ4v) is 4.24. The number of alkyl halides is 3. The molecule has 19 heavy (non-hydrogen) atoms. The Labute approximate surface area is 113 Å². The van der Waals surface area contributed by atoms with E-state index in [0.717, 1.165) is 31.2 Å². The van der Waals surface area contributed by atoms with Crippen molar-refractivity contribution >= 4 is 0 Å². The highest BCUT2D eigenvalue weighted by Crippen LogP contribution is 2.57. The summed E-state index contributed by atoms with van der Waals surface area (Å²) in [4.78, 5) is 0. The number of ether oxygens (including phenoxy) is 1. The van der Waals surface area contributed by atoms with E-state index >= 15 is 0 Å². The van der Waals surface area contributed by atoms with Crippen LogP contribution in [0.3, 0.4) is 0 Å². The second-order valence-corrected chi connectivity index (χ2v) is 6.24. The summed E-state index contributed by atoms with van der Waals surface area (Å²) in [5, 5.41) is 3.28. The van der Waals surface area contributed by atoms with Crippen molar-refractivity contribution in [2.24, 2.45) is 17.3 Å². The summed E-state index contributed by atoms with van der Waals surface area (Å²) in [6.07, 6.45) is 2.75. The molecular weight excluding hydrogens is 255 g/mol. The van der Waals surface area contributed by atoms with Crippen molar-refractivity contribution in [2.75, 3.05) is 26.8 Å². The molecule has 2 saturated carbocycles. The van der Waals surface area contributed by atoms with Gasteiger partial charge in [-0.3, -0.25) is 0 Å². The van der Waals surface area contributed by atoms with Crippen LogP contribution in [0.5, 0.6) is 0 Å². The number of rotatable bonds is 7. The molecule has 0 aromatic heterocycles. The molecule has 112 valence electrons. The van der Waals surface area contributed by atoms with Crippen LogP contribution in [0, 0.1) is 17.3 Å². The highest BCUT2D eigenvalue weighted by Gasteiger charge is 2.49. The van der Waals surface area contributed by atoms with Crippen molar-refractivity contribution in [2.45, 2.75) is 44.7 Å². The monoisotopic (exact) mass is 279 g/mol. The van der Waals surface area contributed by atoms with E-state index in [2.05, 4.69) is 5.32 Å². The zero-order valence-corrected chi connectivity index (χ0v) is 11.6. The predicted molar refractivity (Wildman–Crippen MR) is 67.9 cm³/mol. The van der Waals surface area contributed by atoms with Crippen molar-refractivity contribution in [1.82, 2.24) is 5.32 Å². The van der Waals surface area contributed by atoms with Crippen molar-refractivity contribution in [1.29, 1.82) is 0 Å². The summed E-state index contributed by atoms with van der Waals surface area (Å²) in [5.41, 5.74) is 0.319. The smallest absolute Gasteiger partial charge is 0.372 e. The molecule has 0 amide bonds. The Kier molecular flexibility index (Phi) is 4.77. The van der Waals surface area contributed by atoms with Gasteiger partial charge in [0.05, 0.1) is 0 Å². The highest BCUT2D eigenvalue weighted by molar-refractivity contribution is 5.01. The molecule has 5 heteroatoms. The van der Waals surface area contributed by atoms with Crippen LogP contribution in [-0.4, -0.2) is 33.0 Å². The second kappa shape index (κ2) is 6.00. The number of hydrogen-bond donors (Lipinski definition) is 1. The lowest BCUT2D eigenvalue weighted by Gasteiger charge is -2.38. The Morgan fingerprint density at radius 3 is 2.63 bits per heavy atom. The highest BCUT2D eigenvalue weighted by atomic mass is 19.4. The van der Waals surface area contributed by atoms with Crippen LogP contribution in [0.2, 0.25) is 0 Å². The SMILES string of the molecule is CNCC1(CCCOCC(F)(F)F)CC2CCC1C2. The van der Waals surface area contributed by atoms with Gasteiger partial charge in [-0.25, -0.2) is 0 Å². The van der Waals surface area contributed by atoms with Gasteiger partial charge in [0.15, 0.2) is 0 Å². The first-order chi connectivity index (χ1) is 8.95. The maximum atomic E-state index is 12.0. The normalized spacial score (nSPS) is 34.1. The molecule has 2 nitrogen and oxygen atoms in total. The lowest BCUT2D eigenvalue weighted by atomic mass is 9.70. The standard InChI is InChI=1S/C14H24F3NO/c1-18-9-13(8-11-3-4-12(13)7-11)5-2-6-19-10-14(15,16)17/h11-12,18H,2-10H2,1H3. The average molecular weight is 279 g/mol. The third kappa shape index (κ3) is 3.85. The van der Waals surface area contributed by atoms with Gasteiger partial charge in [0, 0.05) is 13.2 Å². The molecule has 2 aliphatic carbocycles. The third-order valence-corrected chi connectivity index (χ3v) is 4.86. The van der Waals surface area contributed by atoms with Crippen LogP contribution in [0.15, 0.2) is 0 Å². The third-order valence-electron chi connectivity index (χ3n) is 4.86. The molecular formula is C14H24F3NO. The molecule has 2 aliphatic rings. The summed E-state index contributed by atoms with van der Waals surface area (Å²) >= 11 is 0. The Balaban J connectivity index is 1.73. The molecule has 1 N–H and O–H groups in total.